The number of allylic oxidation sites excluding steroid dienone is 1. The molecule has 3 rings (SSSR count). The van der Waals surface area contributed by atoms with Crippen molar-refractivity contribution in [1.29, 1.82) is 5.26 Å². The number of hydrogen-bond acceptors (Lipinski definition) is 5. The van der Waals surface area contributed by atoms with E-state index in [9.17, 15) is 23.9 Å². The molecule has 30 heavy (non-hydrogen) atoms. The molecular formula is C23H22N2O4S. The molecule has 6 nitrogen and oxygen atoms in total. The van der Waals surface area contributed by atoms with Crippen molar-refractivity contribution in [3.05, 3.63) is 76.5 Å². The Morgan fingerprint density at radius 3 is 2.30 bits per heavy atom. The maximum Gasteiger partial charge on any atom is 0.216 e. The third-order valence-electron chi connectivity index (χ3n) is 4.83. The molecule has 0 bridgehead atoms. The third-order valence-corrected chi connectivity index (χ3v) is 6.49. The molecular weight excluding hydrogens is 400 g/mol. The van der Waals surface area contributed by atoms with Crippen LogP contribution in [0.15, 0.2) is 64.4 Å². The van der Waals surface area contributed by atoms with Crippen molar-refractivity contribution >= 4 is 15.9 Å². The van der Waals surface area contributed by atoms with Crippen LogP contribution in [0.4, 0.5) is 0 Å². The van der Waals surface area contributed by atoms with E-state index in [1.807, 2.05) is 31.4 Å². The van der Waals surface area contributed by atoms with Gasteiger partial charge in [-0.3, -0.25) is 0 Å². The van der Waals surface area contributed by atoms with Crippen molar-refractivity contribution in [2.24, 2.45) is 0 Å². The summed E-state index contributed by atoms with van der Waals surface area (Å²) < 4.78 is 27.8. The van der Waals surface area contributed by atoms with Gasteiger partial charge in [0.05, 0.1) is 4.90 Å². The van der Waals surface area contributed by atoms with E-state index in [-0.39, 0.29) is 22.3 Å². The lowest BCUT2D eigenvalue weighted by atomic mass is 10.1. The minimum atomic E-state index is -4.09. The SMILES string of the molecule is Cc1c(/C=C(\C#N)S(=O)(=O)c2cccc(O)c2)cc(C(C)C)n1-c1ccc(O)cc1. The van der Waals surface area contributed by atoms with E-state index in [0.717, 1.165) is 23.1 Å². The van der Waals surface area contributed by atoms with Gasteiger partial charge in [-0.05, 0) is 73.0 Å². The van der Waals surface area contributed by atoms with E-state index in [0.29, 0.717) is 5.56 Å². The number of sulfone groups is 1. The first-order valence-electron chi connectivity index (χ1n) is 9.32. The summed E-state index contributed by atoms with van der Waals surface area (Å²) >= 11 is 0. The van der Waals surface area contributed by atoms with E-state index in [1.165, 1.54) is 24.3 Å². The lowest BCUT2D eigenvalue weighted by Gasteiger charge is -2.14. The van der Waals surface area contributed by atoms with Gasteiger partial charge in [0.25, 0.3) is 0 Å². The molecule has 154 valence electrons. The Bertz CT molecular complexity index is 1260. The first kappa shape index (κ1) is 21.2. The Morgan fingerprint density at radius 1 is 1.07 bits per heavy atom. The van der Waals surface area contributed by atoms with Gasteiger partial charge in [-0.2, -0.15) is 5.26 Å². The van der Waals surface area contributed by atoms with Crippen LogP contribution in [0.25, 0.3) is 11.8 Å². The second-order valence-electron chi connectivity index (χ2n) is 7.24. The first-order valence-corrected chi connectivity index (χ1v) is 10.8. The summed E-state index contributed by atoms with van der Waals surface area (Å²) in [4.78, 5) is -0.552. The van der Waals surface area contributed by atoms with Gasteiger partial charge in [-0.25, -0.2) is 8.42 Å². The Balaban J connectivity index is 2.18. The fraction of sp³-hybridized carbons (Fsp3) is 0.174. The molecule has 0 aliphatic rings. The average molecular weight is 423 g/mol. The molecule has 0 saturated carbocycles. The van der Waals surface area contributed by atoms with Crippen molar-refractivity contribution < 1.29 is 18.6 Å². The Labute approximate surface area is 175 Å². The monoisotopic (exact) mass is 422 g/mol. The highest BCUT2D eigenvalue weighted by molar-refractivity contribution is 7.95. The molecule has 0 spiro atoms. The molecule has 0 radical (unpaired) electrons. The van der Waals surface area contributed by atoms with Gasteiger partial charge in [0.15, 0.2) is 0 Å². The zero-order valence-electron chi connectivity index (χ0n) is 16.9. The molecule has 0 saturated heterocycles. The van der Waals surface area contributed by atoms with E-state index in [2.05, 4.69) is 0 Å². The summed E-state index contributed by atoms with van der Waals surface area (Å²) in [7, 11) is -4.09. The van der Waals surface area contributed by atoms with Gasteiger partial charge >= 0.3 is 0 Å². The zero-order valence-corrected chi connectivity index (χ0v) is 17.7. The Hall–Kier alpha value is -3.50. The van der Waals surface area contributed by atoms with Crippen LogP contribution in [0.5, 0.6) is 11.5 Å². The van der Waals surface area contributed by atoms with E-state index < -0.39 is 14.7 Å². The summed E-state index contributed by atoms with van der Waals surface area (Å²) in [5.74, 6) is 0.0942. The van der Waals surface area contributed by atoms with Crippen molar-refractivity contribution in [3.63, 3.8) is 0 Å². The molecule has 0 aliphatic heterocycles. The highest BCUT2D eigenvalue weighted by atomic mass is 32.2. The predicted molar refractivity (Wildman–Crippen MR) is 115 cm³/mol. The van der Waals surface area contributed by atoms with Crippen LogP contribution in [0.3, 0.4) is 0 Å². The molecule has 3 aromatic rings. The van der Waals surface area contributed by atoms with Gasteiger partial charge in [0.2, 0.25) is 9.84 Å². The largest absolute Gasteiger partial charge is 0.508 e. The van der Waals surface area contributed by atoms with Gasteiger partial charge in [0, 0.05) is 17.1 Å². The van der Waals surface area contributed by atoms with Gasteiger partial charge in [-0.15, -0.1) is 0 Å². The van der Waals surface area contributed by atoms with Crippen LogP contribution < -0.4 is 0 Å². The predicted octanol–water partition coefficient (Wildman–Crippen LogP) is 4.66. The number of benzene rings is 2. The minimum absolute atomic E-state index is 0.132. The van der Waals surface area contributed by atoms with Crippen molar-refractivity contribution in [2.75, 3.05) is 0 Å². The highest BCUT2D eigenvalue weighted by Gasteiger charge is 2.23. The fourth-order valence-corrected chi connectivity index (χ4v) is 4.45. The van der Waals surface area contributed by atoms with Gasteiger partial charge in [-0.1, -0.05) is 19.9 Å². The average Bonchev–Trinajstić information content (AvgIpc) is 3.03. The van der Waals surface area contributed by atoms with Crippen LogP contribution >= 0.6 is 0 Å². The standard InChI is InChI=1S/C23H22N2O4S/c1-15(2)23-12-17(16(3)25(23)18-7-9-19(26)10-8-18)11-22(14-24)30(28,29)21-6-4-5-20(27)13-21/h4-13,15,26-27H,1-3H3/b22-11+. The number of nitriles is 1. The van der Waals surface area contributed by atoms with Gasteiger partial charge < -0.3 is 14.8 Å². The van der Waals surface area contributed by atoms with Crippen molar-refractivity contribution in [3.8, 4) is 23.3 Å². The van der Waals surface area contributed by atoms with E-state index in [1.54, 1.807) is 30.3 Å². The quantitative estimate of drug-likeness (QED) is 0.582. The summed E-state index contributed by atoms with van der Waals surface area (Å²) in [6.07, 6.45) is 1.36. The maximum absolute atomic E-state index is 12.9. The topological polar surface area (TPSA) is 103 Å². The van der Waals surface area contributed by atoms with E-state index in [4.69, 9.17) is 0 Å². The van der Waals surface area contributed by atoms with Crippen LogP contribution in [-0.4, -0.2) is 23.2 Å². The number of nitrogens with zero attached hydrogens (tertiary/aromatic N) is 2. The molecule has 1 aromatic heterocycles. The van der Waals surface area contributed by atoms with Crippen molar-refractivity contribution in [1.82, 2.24) is 4.57 Å². The maximum atomic E-state index is 12.9. The van der Waals surface area contributed by atoms with Crippen molar-refractivity contribution in [2.45, 2.75) is 31.6 Å². The zero-order chi connectivity index (χ0) is 22.1. The van der Waals surface area contributed by atoms with Crippen LogP contribution in [0.1, 0.15) is 36.7 Å². The Morgan fingerprint density at radius 2 is 1.73 bits per heavy atom. The number of phenolic OH excluding ortho intramolecular Hbond substituents is 2. The van der Waals surface area contributed by atoms with E-state index >= 15 is 0 Å². The number of aromatic hydroxyl groups is 2. The molecule has 0 amide bonds. The Kier molecular flexibility index (Phi) is 5.72. The molecule has 0 aliphatic carbocycles. The summed E-state index contributed by atoms with van der Waals surface area (Å²) in [5.41, 5.74) is 3.13. The summed E-state index contributed by atoms with van der Waals surface area (Å²) in [6, 6.07) is 15.6. The van der Waals surface area contributed by atoms with Crippen LogP contribution in [0, 0.1) is 18.3 Å². The third kappa shape index (κ3) is 3.95. The summed E-state index contributed by atoms with van der Waals surface area (Å²) in [5, 5.41) is 28.8. The lowest BCUT2D eigenvalue weighted by molar-refractivity contribution is 0.473. The summed E-state index contributed by atoms with van der Waals surface area (Å²) in [6.45, 7) is 5.89. The second-order valence-corrected chi connectivity index (χ2v) is 9.16. The molecule has 1 heterocycles. The molecule has 0 unspecified atom stereocenters. The molecule has 7 heteroatoms. The normalized spacial score (nSPS) is 12.2. The first-order chi connectivity index (χ1) is 14.1. The number of aromatic nitrogens is 1. The van der Waals surface area contributed by atoms with Crippen LogP contribution in [0.2, 0.25) is 0 Å². The number of hydrogen-bond donors (Lipinski definition) is 2. The lowest BCUT2D eigenvalue weighted by Crippen LogP contribution is -2.04. The molecule has 0 fully saturated rings. The fourth-order valence-electron chi connectivity index (χ4n) is 3.26. The van der Waals surface area contributed by atoms with Gasteiger partial charge in [0.1, 0.15) is 22.5 Å². The number of phenols is 2. The highest BCUT2D eigenvalue weighted by Crippen LogP contribution is 2.30. The van der Waals surface area contributed by atoms with Crippen LogP contribution in [-0.2, 0) is 9.84 Å². The molecule has 0 atom stereocenters. The second kappa shape index (κ2) is 8.09. The number of rotatable bonds is 5. The molecule has 2 aromatic carbocycles. The minimum Gasteiger partial charge on any atom is -0.508 e. The molecule has 2 N–H and O–H groups in total. The smallest absolute Gasteiger partial charge is 0.216 e.